The summed E-state index contributed by atoms with van der Waals surface area (Å²) < 4.78 is 12.2. The fourth-order valence-electron chi connectivity index (χ4n) is 5.88. The van der Waals surface area contributed by atoms with E-state index < -0.39 is 5.41 Å². The number of ether oxygens (including phenoxy) is 2. The Balaban J connectivity index is 1.18. The third-order valence-electron chi connectivity index (χ3n) is 8.39. The summed E-state index contributed by atoms with van der Waals surface area (Å²) in [5, 5.41) is 4.33. The third kappa shape index (κ3) is 7.50. The van der Waals surface area contributed by atoms with Crippen molar-refractivity contribution in [1.82, 2.24) is 0 Å². The maximum absolute atomic E-state index is 13.9. The van der Waals surface area contributed by atoms with Crippen molar-refractivity contribution >= 4 is 11.9 Å². The molecule has 5 aromatic carbocycles. The summed E-state index contributed by atoms with van der Waals surface area (Å²) in [7, 11) is 0. The lowest BCUT2D eigenvalue weighted by molar-refractivity contribution is -0.142. The van der Waals surface area contributed by atoms with E-state index in [4.69, 9.17) is 14.3 Å². The molecule has 0 aromatic heterocycles. The van der Waals surface area contributed by atoms with Gasteiger partial charge < -0.3 is 14.3 Å². The molecule has 5 nitrogen and oxygen atoms in total. The van der Waals surface area contributed by atoms with Crippen LogP contribution < -0.4 is 4.74 Å². The summed E-state index contributed by atoms with van der Waals surface area (Å²) in [4.78, 5) is 19.6. The van der Waals surface area contributed by atoms with E-state index in [2.05, 4.69) is 41.6 Å². The number of rotatable bonds is 10. The number of carbonyl (C=O) groups is 1. The summed E-state index contributed by atoms with van der Waals surface area (Å²) in [6.45, 7) is 0.667. The van der Waals surface area contributed by atoms with E-state index in [9.17, 15) is 4.79 Å². The molecule has 1 fully saturated rings. The highest BCUT2D eigenvalue weighted by atomic mass is 16.6. The minimum absolute atomic E-state index is 0.206. The summed E-state index contributed by atoms with van der Waals surface area (Å²) in [5.74, 6) is 0.639. The Morgan fingerprint density at radius 3 is 1.78 bits per heavy atom. The fraction of sp³-hybridized carbons (Fsp3) is 0.200. The molecule has 45 heavy (non-hydrogen) atoms. The summed E-state index contributed by atoms with van der Waals surface area (Å²) in [5.41, 5.74) is 5.40. The predicted octanol–water partition coefficient (Wildman–Crippen LogP) is 9.26. The zero-order chi connectivity index (χ0) is 30.7. The average Bonchev–Trinajstić information content (AvgIpc) is 3.12. The smallest absolute Gasteiger partial charge is 0.321 e. The van der Waals surface area contributed by atoms with E-state index in [-0.39, 0.29) is 5.97 Å². The van der Waals surface area contributed by atoms with Gasteiger partial charge in [-0.3, -0.25) is 4.79 Å². The number of hydrogen-bond donors (Lipinski definition) is 0. The monoisotopic (exact) mass is 595 g/mol. The van der Waals surface area contributed by atoms with Gasteiger partial charge in [-0.15, -0.1) is 0 Å². The van der Waals surface area contributed by atoms with Crippen LogP contribution in [-0.2, 0) is 33.0 Å². The first kappa shape index (κ1) is 29.9. The number of esters is 1. The van der Waals surface area contributed by atoms with Gasteiger partial charge in [0.15, 0.2) is 0 Å². The van der Waals surface area contributed by atoms with Gasteiger partial charge in [-0.05, 0) is 70.1 Å². The lowest BCUT2D eigenvalue weighted by Gasteiger charge is -2.35. The molecule has 0 radical (unpaired) electrons. The van der Waals surface area contributed by atoms with Gasteiger partial charge in [0.2, 0.25) is 0 Å². The Morgan fingerprint density at radius 2 is 1.16 bits per heavy atom. The molecule has 0 heterocycles. The van der Waals surface area contributed by atoms with Crippen LogP contribution in [0.1, 0.15) is 54.4 Å². The summed E-state index contributed by atoms with van der Waals surface area (Å²) >= 11 is 0. The number of hydrogen-bond acceptors (Lipinski definition) is 5. The summed E-state index contributed by atoms with van der Waals surface area (Å²) in [6.07, 6.45) is 4.67. The fourth-order valence-corrected chi connectivity index (χ4v) is 5.88. The number of oxime groups is 1. The van der Waals surface area contributed by atoms with Crippen molar-refractivity contribution in [3.63, 3.8) is 0 Å². The van der Waals surface area contributed by atoms with Gasteiger partial charge in [0.25, 0.3) is 5.90 Å². The van der Waals surface area contributed by atoms with Gasteiger partial charge in [-0.1, -0.05) is 135 Å². The van der Waals surface area contributed by atoms with Crippen LogP contribution in [0, 0.1) is 0 Å². The van der Waals surface area contributed by atoms with Crippen molar-refractivity contribution in [2.75, 3.05) is 0 Å². The van der Waals surface area contributed by atoms with Crippen LogP contribution in [0.15, 0.2) is 145 Å². The minimum atomic E-state index is -0.664. The molecule has 0 bridgehead atoms. The molecule has 0 N–H and O–H groups in total. The Hall–Kier alpha value is -5.16. The van der Waals surface area contributed by atoms with Crippen LogP contribution in [0.4, 0.5) is 0 Å². The average molecular weight is 596 g/mol. The molecule has 0 spiro atoms. The van der Waals surface area contributed by atoms with Crippen LogP contribution in [0.25, 0.3) is 11.1 Å². The zero-order valence-electron chi connectivity index (χ0n) is 25.3. The molecular weight excluding hydrogens is 558 g/mol. The molecule has 0 atom stereocenters. The van der Waals surface area contributed by atoms with Crippen LogP contribution in [0.5, 0.6) is 5.75 Å². The van der Waals surface area contributed by atoms with Gasteiger partial charge in [0.05, 0.1) is 5.41 Å². The number of benzene rings is 5. The maximum Gasteiger partial charge on any atom is 0.321 e. The van der Waals surface area contributed by atoms with E-state index in [0.29, 0.717) is 24.9 Å². The van der Waals surface area contributed by atoms with E-state index >= 15 is 0 Å². The first-order valence-corrected chi connectivity index (χ1v) is 15.6. The van der Waals surface area contributed by atoms with E-state index in [0.717, 1.165) is 65.5 Å². The molecule has 0 unspecified atom stereocenters. The maximum atomic E-state index is 13.9. The highest BCUT2D eigenvalue weighted by molar-refractivity contribution is 5.94. The Kier molecular flexibility index (Phi) is 9.66. The van der Waals surface area contributed by atoms with E-state index in [1.54, 1.807) is 12.1 Å². The zero-order valence-corrected chi connectivity index (χ0v) is 25.3. The Bertz CT molecular complexity index is 1680. The third-order valence-corrected chi connectivity index (χ3v) is 8.39. The minimum Gasteiger partial charge on any atom is -0.470 e. The van der Waals surface area contributed by atoms with Gasteiger partial charge >= 0.3 is 5.97 Å². The SMILES string of the molecule is O=C(Oc1ccc(C(=NOCc2ccccc2)OCc2ccccc2)cc1)C1(c2ccc(-c3ccccc3)cc2)CCCCC1. The van der Waals surface area contributed by atoms with Crippen LogP contribution >= 0.6 is 0 Å². The van der Waals surface area contributed by atoms with Crippen molar-refractivity contribution in [1.29, 1.82) is 0 Å². The van der Waals surface area contributed by atoms with Crippen molar-refractivity contribution < 1.29 is 19.1 Å². The number of carbonyl (C=O) groups excluding carboxylic acids is 1. The first-order valence-electron chi connectivity index (χ1n) is 15.6. The molecule has 1 aliphatic carbocycles. The molecule has 6 rings (SSSR count). The van der Waals surface area contributed by atoms with Gasteiger partial charge in [0, 0.05) is 5.56 Å². The first-order chi connectivity index (χ1) is 22.2. The van der Waals surface area contributed by atoms with E-state index in [1.807, 2.05) is 91.0 Å². The van der Waals surface area contributed by atoms with E-state index in [1.165, 1.54) is 0 Å². The lowest BCUT2D eigenvalue weighted by Crippen LogP contribution is -2.41. The van der Waals surface area contributed by atoms with Gasteiger partial charge in [0.1, 0.15) is 19.0 Å². The lowest BCUT2D eigenvalue weighted by atomic mass is 9.69. The topological polar surface area (TPSA) is 57.1 Å². The van der Waals surface area contributed by atoms with Crippen molar-refractivity contribution in [3.05, 3.63) is 162 Å². The van der Waals surface area contributed by atoms with Gasteiger partial charge in [-0.2, -0.15) is 0 Å². The molecule has 5 heteroatoms. The second-order valence-corrected chi connectivity index (χ2v) is 11.4. The Morgan fingerprint density at radius 1 is 0.600 bits per heavy atom. The highest BCUT2D eigenvalue weighted by Gasteiger charge is 2.43. The molecule has 0 saturated heterocycles. The molecule has 1 aliphatic rings. The Labute approximate surface area is 265 Å². The largest absolute Gasteiger partial charge is 0.470 e. The molecule has 1 saturated carbocycles. The van der Waals surface area contributed by atoms with Crippen molar-refractivity contribution in [2.45, 2.75) is 50.7 Å². The molecule has 5 aromatic rings. The molecule has 0 aliphatic heterocycles. The van der Waals surface area contributed by atoms with Crippen LogP contribution in [0.2, 0.25) is 0 Å². The quantitative estimate of drug-likeness (QED) is 0.0531. The molecular formula is C40H37NO4. The van der Waals surface area contributed by atoms with Crippen LogP contribution in [0.3, 0.4) is 0 Å². The standard InChI is InChI=1S/C40H37NO4/c42-39(40(27-11-4-12-28-40)36-23-19-34(20-24-36)33-17-9-3-10-18-33)45-37-25-21-35(22-26-37)38(43-29-31-13-5-1-6-14-31)41-44-30-32-15-7-2-8-16-32/h1-3,5-10,13-26H,4,11-12,27-30H2. The van der Waals surface area contributed by atoms with Crippen molar-refractivity contribution in [3.8, 4) is 16.9 Å². The molecule has 0 amide bonds. The second-order valence-electron chi connectivity index (χ2n) is 11.4. The van der Waals surface area contributed by atoms with Crippen LogP contribution in [-0.4, -0.2) is 11.9 Å². The molecule has 226 valence electrons. The van der Waals surface area contributed by atoms with Crippen molar-refractivity contribution in [2.24, 2.45) is 5.16 Å². The predicted molar refractivity (Wildman–Crippen MR) is 178 cm³/mol. The number of nitrogens with zero attached hydrogens (tertiary/aromatic N) is 1. The highest BCUT2D eigenvalue weighted by Crippen LogP contribution is 2.41. The summed E-state index contributed by atoms with van der Waals surface area (Å²) in [6, 6.07) is 45.8. The normalized spacial score (nSPS) is 14.4. The second kappa shape index (κ2) is 14.5. The van der Waals surface area contributed by atoms with Gasteiger partial charge in [-0.25, -0.2) is 0 Å².